The van der Waals surface area contributed by atoms with E-state index in [2.05, 4.69) is 5.32 Å². The maximum Gasteiger partial charge on any atom is 0.336 e. The number of carbonyl (C=O) groups is 2. The third kappa shape index (κ3) is 3.80. The van der Waals surface area contributed by atoms with E-state index < -0.39 is 29.2 Å². The van der Waals surface area contributed by atoms with Gasteiger partial charge in [0.1, 0.15) is 17.3 Å². The Kier molecular flexibility index (Phi) is 5.19. The Balaban J connectivity index is 1.96. The number of halogens is 3. The Hall–Kier alpha value is -3.25. The van der Waals surface area contributed by atoms with E-state index in [9.17, 15) is 18.4 Å². The van der Waals surface area contributed by atoms with Crippen molar-refractivity contribution >= 4 is 29.2 Å². The van der Waals surface area contributed by atoms with Gasteiger partial charge >= 0.3 is 5.97 Å². The number of hydrogen-bond donors (Lipinski definition) is 2. The summed E-state index contributed by atoms with van der Waals surface area (Å²) in [5.74, 6) is -4.27. The molecule has 0 atom stereocenters. The van der Waals surface area contributed by atoms with E-state index in [1.54, 1.807) is 24.3 Å². The van der Waals surface area contributed by atoms with Crippen molar-refractivity contribution in [3.63, 3.8) is 0 Å². The fraction of sp³-hybridized carbons (Fsp3) is 0. The third-order valence-electron chi connectivity index (χ3n) is 3.87. The van der Waals surface area contributed by atoms with Crippen molar-refractivity contribution in [1.82, 2.24) is 0 Å². The minimum Gasteiger partial charge on any atom is -0.478 e. The highest BCUT2D eigenvalue weighted by atomic mass is 35.5. The molecule has 0 unspecified atom stereocenters. The van der Waals surface area contributed by atoms with Gasteiger partial charge in [0.25, 0.3) is 5.91 Å². The van der Waals surface area contributed by atoms with Crippen LogP contribution in [0.5, 0.6) is 0 Å². The molecular weight excluding hydrogens is 376 g/mol. The molecule has 0 radical (unpaired) electrons. The van der Waals surface area contributed by atoms with Crippen LogP contribution in [0.25, 0.3) is 11.1 Å². The Morgan fingerprint density at radius 1 is 0.889 bits per heavy atom. The van der Waals surface area contributed by atoms with E-state index in [0.717, 1.165) is 12.1 Å². The van der Waals surface area contributed by atoms with Crippen LogP contribution >= 0.6 is 11.6 Å². The Morgan fingerprint density at radius 3 is 2.04 bits per heavy atom. The minimum absolute atomic E-state index is 0.208. The summed E-state index contributed by atoms with van der Waals surface area (Å²) in [5.41, 5.74) is -0.510. The van der Waals surface area contributed by atoms with Gasteiger partial charge in [0.15, 0.2) is 0 Å². The predicted molar refractivity (Wildman–Crippen MR) is 98.2 cm³/mol. The molecule has 0 aliphatic rings. The SMILES string of the molecule is O=C(O)c1ccccc1C(=O)Nc1c(F)cc(-c2ccccc2Cl)cc1F. The summed E-state index contributed by atoms with van der Waals surface area (Å²) in [6, 6.07) is 14.0. The van der Waals surface area contributed by atoms with Gasteiger partial charge in [-0.25, -0.2) is 13.6 Å². The molecule has 3 aromatic rings. The monoisotopic (exact) mass is 387 g/mol. The summed E-state index contributed by atoms with van der Waals surface area (Å²) in [7, 11) is 0. The number of carboxylic acid groups (broad SMARTS) is 1. The maximum atomic E-state index is 14.4. The smallest absolute Gasteiger partial charge is 0.336 e. The van der Waals surface area contributed by atoms with Crippen LogP contribution in [0.2, 0.25) is 5.02 Å². The first-order valence-electron chi connectivity index (χ1n) is 7.76. The normalized spacial score (nSPS) is 10.5. The summed E-state index contributed by atoms with van der Waals surface area (Å²) >= 11 is 6.04. The topological polar surface area (TPSA) is 66.4 Å². The first-order chi connectivity index (χ1) is 12.9. The summed E-state index contributed by atoms with van der Waals surface area (Å²) in [5, 5.41) is 11.6. The second-order valence-electron chi connectivity index (χ2n) is 5.60. The van der Waals surface area contributed by atoms with E-state index >= 15 is 0 Å². The molecule has 136 valence electrons. The number of rotatable bonds is 4. The summed E-state index contributed by atoms with van der Waals surface area (Å²) in [6.07, 6.45) is 0. The molecule has 0 heterocycles. The lowest BCUT2D eigenvalue weighted by atomic mass is 10.0. The number of hydrogen-bond acceptors (Lipinski definition) is 2. The molecule has 0 aliphatic heterocycles. The van der Waals surface area contributed by atoms with Crippen LogP contribution in [0.4, 0.5) is 14.5 Å². The van der Waals surface area contributed by atoms with Crippen LogP contribution in [-0.2, 0) is 0 Å². The number of anilines is 1. The van der Waals surface area contributed by atoms with Crippen molar-refractivity contribution < 1.29 is 23.5 Å². The lowest BCUT2D eigenvalue weighted by Crippen LogP contribution is -2.18. The maximum absolute atomic E-state index is 14.4. The number of amides is 1. The fourth-order valence-corrected chi connectivity index (χ4v) is 2.84. The average Bonchev–Trinajstić information content (AvgIpc) is 2.64. The molecule has 2 N–H and O–H groups in total. The second-order valence-corrected chi connectivity index (χ2v) is 6.01. The minimum atomic E-state index is -1.32. The van der Waals surface area contributed by atoms with Crippen molar-refractivity contribution in [3.05, 3.63) is 88.4 Å². The first-order valence-corrected chi connectivity index (χ1v) is 8.14. The Bertz CT molecular complexity index is 1030. The molecular formula is C20H12ClF2NO3. The number of aromatic carboxylic acids is 1. The van der Waals surface area contributed by atoms with E-state index in [1.807, 2.05) is 0 Å². The van der Waals surface area contributed by atoms with Crippen LogP contribution in [0.3, 0.4) is 0 Å². The summed E-state index contributed by atoms with van der Waals surface area (Å²) in [6.45, 7) is 0. The second kappa shape index (κ2) is 7.55. The molecule has 0 saturated heterocycles. The van der Waals surface area contributed by atoms with E-state index in [1.165, 1.54) is 24.3 Å². The van der Waals surface area contributed by atoms with Gasteiger partial charge in [0.2, 0.25) is 0 Å². The zero-order valence-electron chi connectivity index (χ0n) is 13.7. The van der Waals surface area contributed by atoms with Crippen molar-refractivity contribution in [3.8, 4) is 11.1 Å². The molecule has 0 aliphatic carbocycles. The van der Waals surface area contributed by atoms with Gasteiger partial charge < -0.3 is 10.4 Å². The average molecular weight is 388 g/mol. The molecule has 4 nitrogen and oxygen atoms in total. The fourth-order valence-electron chi connectivity index (χ4n) is 2.59. The summed E-state index contributed by atoms with van der Waals surface area (Å²) in [4.78, 5) is 23.5. The number of benzene rings is 3. The quantitative estimate of drug-likeness (QED) is 0.643. The molecule has 7 heteroatoms. The van der Waals surface area contributed by atoms with Crippen molar-refractivity contribution in [1.29, 1.82) is 0 Å². The predicted octanol–water partition coefficient (Wildman–Crippen LogP) is 5.24. The molecule has 0 saturated carbocycles. The molecule has 27 heavy (non-hydrogen) atoms. The van der Waals surface area contributed by atoms with Crippen LogP contribution in [0, 0.1) is 11.6 Å². The van der Waals surface area contributed by atoms with Gasteiger partial charge in [0.05, 0.1) is 11.1 Å². The Labute approximate surface area is 158 Å². The highest BCUT2D eigenvalue weighted by Crippen LogP contribution is 2.32. The molecule has 1 amide bonds. The zero-order chi connectivity index (χ0) is 19.6. The van der Waals surface area contributed by atoms with E-state index in [0.29, 0.717) is 10.6 Å². The first kappa shape index (κ1) is 18.5. The lowest BCUT2D eigenvalue weighted by Gasteiger charge is -2.12. The van der Waals surface area contributed by atoms with Crippen LogP contribution in [-0.4, -0.2) is 17.0 Å². The van der Waals surface area contributed by atoms with Gasteiger partial charge in [0, 0.05) is 10.6 Å². The highest BCUT2D eigenvalue weighted by molar-refractivity contribution is 6.33. The van der Waals surface area contributed by atoms with Crippen molar-refractivity contribution in [2.45, 2.75) is 0 Å². The van der Waals surface area contributed by atoms with Crippen LogP contribution < -0.4 is 5.32 Å². The molecule has 0 bridgehead atoms. The number of carbonyl (C=O) groups excluding carboxylic acids is 1. The molecule has 3 aromatic carbocycles. The number of carboxylic acids is 1. The molecule has 3 rings (SSSR count). The van der Waals surface area contributed by atoms with E-state index in [-0.39, 0.29) is 16.7 Å². The largest absolute Gasteiger partial charge is 0.478 e. The zero-order valence-corrected chi connectivity index (χ0v) is 14.4. The van der Waals surface area contributed by atoms with Gasteiger partial charge in [-0.2, -0.15) is 0 Å². The van der Waals surface area contributed by atoms with Crippen molar-refractivity contribution in [2.24, 2.45) is 0 Å². The Morgan fingerprint density at radius 2 is 1.44 bits per heavy atom. The van der Waals surface area contributed by atoms with Crippen LogP contribution in [0.1, 0.15) is 20.7 Å². The van der Waals surface area contributed by atoms with Crippen LogP contribution in [0.15, 0.2) is 60.7 Å². The van der Waals surface area contributed by atoms with Crippen molar-refractivity contribution in [2.75, 3.05) is 5.32 Å². The molecule has 0 aromatic heterocycles. The third-order valence-corrected chi connectivity index (χ3v) is 4.20. The summed E-state index contributed by atoms with van der Waals surface area (Å²) < 4.78 is 28.9. The van der Waals surface area contributed by atoms with Gasteiger partial charge in [-0.05, 0) is 35.9 Å². The van der Waals surface area contributed by atoms with Gasteiger partial charge in [-0.1, -0.05) is 41.9 Å². The number of nitrogens with one attached hydrogen (secondary N) is 1. The molecule has 0 spiro atoms. The van der Waals surface area contributed by atoms with Gasteiger partial charge in [-0.15, -0.1) is 0 Å². The van der Waals surface area contributed by atoms with Gasteiger partial charge in [-0.3, -0.25) is 4.79 Å². The molecule has 0 fully saturated rings. The van der Waals surface area contributed by atoms with E-state index in [4.69, 9.17) is 16.7 Å². The lowest BCUT2D eigenvalue weighted by molar-refractivity contribution is 0.0692. The highest BCUT2D eigenvalue weighted by Gasteiger charge is 2.20. The standard InChI is InChI=1S/C20H12ClF2NO3/c21-15-8-4-3-5-12(15)11-9-16(22)18(17(23)10-11)24-19(25)13-6-1-2-7-14(13)20(26)27/h1-10H,(H,24,25)(H,26,27).